The van der Waals surface area contributed by atoms with Crippen LogP contribution in [0.3, 0.4) is 0 Å². The summed E-state index contributed by atoms with van der Waals surface area (Å²) in [6, 6.07) is 62.2. The van der Waals surface area contributed by atoms with Gasteiger partial charge in [0.1, 0.15) is 45.8 Å². The number of benzene rings is 7. The maximum absolute atomic E-state index is 12.7. The Morgan fingerprint density at radius 3 is 1.24 bits per heavy atom. The monoisotopic (exact) mass is 1470 g/mol. The first-order chi connectivity index (χ1) is 52.6. The van der Waals surface area contributed by atoms with Crippen molar-refractivity contribution < 1.29 is 42.8 Å². The number of nitrogens with two attached hydrogens (primary N) is 1. The molecule has 578 valence electrons. The maximum atomic E-state index is 12.7. The normalized spacial score (nSPS) is 18.6. The number of nitrogens with one attached hydrogen (secondary N) is 6. The summed E-state index contributed by atoms with van der Waals surface area (Å²) in [5.74, 6) is 5.10. The van der Waals surface area contributed by atoms with Gasteiger partial charge in [0.25, 0.3) is 0 Å². The first-order valence-electron chi connectivity index (χ1n) is 38.3. The molecule has 108 heavy (non-hydrogen) atoms. The second-order valence-corrected chi connectivity index (χ2v) is 29.3. The van der Waals surface area contributed by atoms with Crippen molar-refractivity contribution in [3.63, 3.8) is 0 Å². The van der Waals surface area contributed by atoms with Gasteiger partial charge in [0.05, 0.1) is 66.4 Å². The molecule has 7 saturated heterocycles. The molecule has 7 aliphatic heterocycles. The van der Waals surface area contributed by atoms with Crippen LogP contribution in [0.2, 0.25) is 0 Å². The fourth-order valence-electron chi connectivity index (χ4n) is 15.3. The van der Waals surface area contributed by atoms with Crippen LogP contribution in [0.25, 0.3) is 0 Å². The van der Waals surface area contributed by atoms with E-state index in [1.165, 1.54) is 22.3 Å². The molecule has 0 radical (unpaired) electrons. The van der Waals surface area contributed by atoms with Crippen molar-refractivity contribution in [3.05, 3.63) is 215 Å². The van der Waals surface area contributed by atoms with Crippen LogP contribution in [0.1, 0.15) is 103 Å². The lowest BCUT2D eigenvalue weighted by Gasteiger charge is -2.44. The quantitative estimate of drug-likeness (QED) is 0.0315. The molecule has 2 spiro atoms. The number of likely N-dealkylation sites (tertiary alicyclic amines) is 4. The molecule has 22 heteroatoms. The summed E-state index contributed by atoms with van der Waals surface area (Å²) in [6.07, 6.45) is 9.22. The van der Waals surface area contributed by atoms with E-state index < -0.39 is 5.54 Å². The number of urea groups is 2. The topological polar surface area (TPSA) is 245 Å². The predicted octanol–water partition coefficient (Wildman–Crippen LogP) is 10.7. The van der Waals surface area contributed by atoms with Crippen LogP contribution in [0.15, 0.2) is 176 Å². The van der Waals surface area contributed by atoms with Crippen LogP contribution < -0.4 is 66.1 Å². The van der Waals surface area contributed by atoms with Crippen molar-refractivity contribution >= 4 is 17.8 Å². The lowest BCUT2D eigenvalue weighted by molar-refractivity contribution is -0.121. The van der Waals surface area contributed by atoms with E-state index in [4.69, 9.17) is 34.2 Å². The molecule has 7 aromatic rings. The molecule has 14 rings (SSSR count). The number of nitriles is 1. The highest BCUT2D eigenvalue weighted by Crippen LogP contribution is 2.37. The zero-order chi connectivity index (χ0) is 76.0. The van der Waals surface area contributed by atoms with E-state index in [9.17, 15) is 19.6 Å². The average Bonchev–Trinajstić information content (AvgIpc) is 1.60. The molecule has 0 unspecified atom stereocenters. The molecular formula is C86H115N13O9. The Kier molecular flexibility index (Phi) is 30.7. The molecule has 7 heterocycles. The summed E-state index contributed by atoms with van der Waals surface area (Å²) in [7, 11) is 9.94. The van der Waals surface area contributed by atoms with Crippen molar-refractivity contribution in [1.82, 2.24) is 56.4 Å². The molecule has 7 aromatic carbocycles. The lowest BCUT2D eigenvalue weighted by atomic mass is 9.86. The Labute approximate surface area is 640 Å². The van der Waals surface area contributed by atoms with Gasteiger partial charge in [-0.15, -0.1) is 0 Å². The Bertz CT molecular complexity index is 3930. The molecule has 0 saturated carbocycles. The second kappa shape index (κ2) is 40.8. The standard InChI is InChI=1S/C23H29N3O3.C22H31N3O2.C22H27N3O2.C12H15NO.C7H13N3O/c1-28-20-9-8-19(21(14-20)29-2)16-26-22(27)24-17-23(26)10-12-25(13-11-23)15-18-6-4-3-5-7-18;2*1-26-20-9-8-19(21(14-20)27-2)15-24-22(17-23)10-12-25(13-11-22)16-18-6-4-3-5-7-18;14-12-6-8-13(9-7-12)10-11-4-2-1-3-5-11;11-6-9-5-7(10-6)1-3-8-4-2-7/h3-9,14H,10-13,15-17H2,1-2H3,(H,24,27);3-9,14,24H,10-13,15-17,23H2,1-2H3;3-9,14,24H,10-13,15-16H2,1-2H3;1-5H,6-10H2;8H,1-5H2,(H2,9,10,11). The number of hydrogen-bond donors (Lipinski definition) is 7. The van der Waals surface area contributed by atoms with Gasteiger partial charge >= 0.3 is 12.1 Å². The highest BCUT2D eigenvalue weighted by Gasteiger charge is 2.47. The molecule has 0 aliphatic carbocycles. The van der Waals surface area contributed by atoms with Crippen LogP contribution in [-0.2, 0) is 50.6 Å². The SMILES string of the molecule is COc1ccc(CN2C(=O)NCC23CCN(Cc2ccccc2)CC3)c(OC)c1.COc1ccc(CNC2(C#N)CCN(Cc3ccccc3)CC2)c(OC)c1.COc1ccc(CNC2(CN)CCN(Cc3ccccc3)CC2)c(OC)c1.O=C1CCN(Cc2ccccc2)CC1.O=C1NCC2(CCNCC2)N1. The highest BCUT2D eigenvalue weighted by atomic mass is 16.5. The van der Waals surface area contributed by atoms with Crippen molar-refractivity contribution in [2.75, 3.05) is 128 Å². The van der Waals surface area contributed by atoms with Crippen molar-refractivity contribution in [2.24, 2.45) is 5.73 Å². The summed E-state index contributed by atoms with van der Waals surface area (Å²) in [5, 5.41) is 29.2. The summed E-state index contributed by atoms with van der Waals surface area (Å²) in [4.78, 5) is 46.4. The maximum Gasteiger partial charge on any atom is 0.318 e. The van der Waals surface area contributed by atoms with Gasteiger partial charge < -0.3 is 65.6 Å². The Morgan fingerprint density at radius 1 is 0.444 bits per heavy atom. The minimum atomic E-state index is -0.488. The third kappa shape index (κ3) is 23.4. The molecule has 0 bridgehead atoms. The zero-order valence-electron chi connectivity index (χ0n) is 64.4. The highest BCUT2D eigenvalue weighted by molar-refractivity contribution is 5.79. The van der Waals surface area contributed by atoms with Gasteiger partial charge in [-0.25, -0.2) is 9.59 Å². The predicted molar refractivity (Wildman–Crippen MR) is 424 cm³/mol. The molecular weight excluding hydrogens is 1360 g/mol. The molecule has 7 aliphatic rings. The van der Waals surface area contributed by atoms with E-state index in [2.05, 4.69) is 173 Å². The van der Waals surface area contributed by atoms with E-state index >= 15 is 0 Å². The summed E-state index contributed by atoms with van der Waals surface area (Å²) >= 11 is 0. The minimum absolute atomic E-state index is 0.00750. The van der Waals surface area contributed by atoms with Crippen LogP contribution in [0.4, 0.5) is 9.59 Å². The fraction of sp³-hybridized carbons (Fsp3) is 0.465. The van der Waals surface area contributed by atoms with Gasteiger partial charge in [-0.05, 0) is 111 Å². The summed E-state index contributed by atoms with van der Waals surface area (Å²) in [6.45, 7) is 17.7. The molecule has 22 nitrogen and oxygen atoms in total. The summed E-state index contributed by atoms with van der Waals surface area (Å²) in [5.41, 5.74) is 14.1. The third-order valence-corrected chi connectivity index (χ3v) is 22.3. The Morgan fingerprint density at radius 2 is 0.843 bits per heavy atom. The number of piperidine rings is 5. The van der Waals surface area contributed by atoms with Crippen molar-refractivity contribution in [2.45, 2.75) is 132 Å². The van der Waals surface area contributed by atoms with Crippen molar-refractivity contribution in [3.8, 4) is 40.6 Å². The smallest absolute Gasteiger partial charge is 0.318 e. The van der Waals surface area contributed by atoms with Crippen molar-refractivity contribution in [1.29, 1.82) is 5.26 Å². The third-order valence-electron chi connectivity index (χ3n) is 22.3. The Hall–Kier alpha value is -9.28. The fourth-order valence-corrected chi connectivity index (χ4v) is 15.3. The molecule has 0 atom stereocenters. The number of carbonyl (C=O) groups excluding carboxylic acids is 3. The molecule has 7 fully saturated rings. The number of methoxy groups -OCH3 is 6. The number of ether oxygens (including phenoxy) is 6. The molecule has 8 N–H and O–H groups in total. The largest absolute Gasteiger partial charge is 0.497 e. The summed E-state index contributed by atoms with van der Waals surface area (Å²) < 4.78 is 32.4. The number of amides is 4. The van der Waals surface area contributed by atoms with Gasteiger partial charge in [0, 0.05) is 165 Å². The van der Waals surface area contributed by atoms with Gasteiger partial charge in [-0.3, -0.25) is 29.7 Å². The van der Waals surface area contributed by atoms with E-state index in [0.717, 1.165) is 220 Å². The molecule has 0 aromatic heterocycles. The van der Waals surface area contributed by atoms with E-state index in [-0.39, 0.29) is 28.7 Å². The van der Waals surface area contributed by atoms with Crippen LogP contribution in [0.5, 0.6) is 34.5 Å². The number of hydrogen-bond acceptors (Lipinski definition) is 18. The van der Waals surface area contributed by atoms with Gasteiger partial charge in [0.2, 0.25) is 0 Å². The first-order valence-corrected chi connectivity index (χ1v) is 38.3. The first kappa shape index (κ1) is 81.2. The van der Waals surface area contributed by atoms with Crippen LogP contribution >= 0.6 is 0 Å². The number of Topliss-reactive ketones (excluding diaryl/α,β-unsaturated/α-hetero) is 1. The van der Waals surface area contributed by atoms with Gasteiger partial charge in [0.15, 0.2) is 0 Å². The van der Waals surface area contributed by atoms with E-state index in [1.807, 2.05) is 65.6 Å². The van der Waals surface area contributed by atoms with E-state index in [1.54, 1.807) is 42.7 Å². The average molecular weight is 1470 g/mol. The lowest BCUT2D eigenvalue weighted by Crippen LogP contribution is -2.57. The number of ketones is 1. The minimum Gasteiger partial charge on any atom is -0.497 e. The second-order valence-electron chi connectivity index (χ2n) is 29.3. The van der Waals surface area contributed by atoms with Crippen LogP contribution in [0, 0.1) is 11.3 Å². The number of carbonyl (C=O) groups is 3. The van der Waals surface area contributed by atoms with E-state index in [0.29, 0.717) is 32.0 Å². The number of nitrogens with zero attached hydrogens (tertiary/aromatic N) is 6. The Balaban J connectivity index is 0.000000149. The van der Waals surface area contributed by atoms with Gasteiger partial charge in [-0.2, -0.15) is 5.26 Å². The molecule has 4 amide bonds. The number of rotatable bonds is 23. The van der Waals surface area contributed by atoms with Gasteiger partial charge in [-0.1, -0.05) is 133 Å². The zero-order valence-corrected chi connectivity index (χ0v) is 64.4. The van der Waals surface area contributed by atoms with Crippen LogP contribution in [-0.4, -0.2) is 192 Å².